The third-order valence-electron chi connectivity index (χ3n) is 3.39. The normalized spacial score (nSPS) is 13.7. The lowest BCUT2D eigenvalue weighted by Gasteiger charge is -2.24. The standard InChI is InChI=1S/C16H17F2NO2S/c1-9-6-12(10(2)22-9)15(20)19-8-16(3,21)13-5-4-11(17)7-14(13)18/h4-7,21H,8H2,1-3H3,(H,19,20). The van der Waals surface area contributed by atoms with Gasteiger partial charge in [-0.3, -0.25) is 4.79 Å². The fourth-order valence-electron chi connectivity index (χ4n) is 2.23. The van der Waals surface area contributed by atoms with Gasteiger partial charge in [-0.05, 0) is 32.9 Å². The predicted molar refractivity (Wildman–Crippen MR) is 82.1 cm³/mol. The van der Waals surface area contributed by atoms with Crippen LogP contribution in [0.5, 0.6) is 0 Å². The van der Waals surface area contributed by atoms with Gasteiger partial charge in [0.2, 0.25) is 0 Å². The summed E-state index contributed by atoms with van der Waals surface area (Å²) in [6.07, 6.45) is 0. The number of benzene rings is 1. The van der Waals surface area contributed by atoms with Crippen LogP contribution in [0.15, 0.2) is 24.3 Å². The van der Waals surface area contributed by atoms with Crippen LogP contribution in [-0.2, 0) is 5.60 Å². The van der Waals surface area contributed by atoms with E-state index in [0.717, 1.165) is 15.8 Å². The van der Waals surface area contributed by atoms with Crippen LogP contribution >= 0.6 is 11.3 Å². The molecule has 2 N–H and O–H groups in total. The Morgan fingerprint density at radius 1 is 1.32 bits per heavy atom. The Morgan fingerprint density at radius 3 is 2.55 bits per heavy atom. The minimum absolute atomic E-state index is 0.0626. The molecule has 1 aromatic heterocycles. The van der Waals surface area contributed by atoms with Crippen LogP contribution in [0.4, 0.5) is 8.78 Å². The van der Waals surface area contributed by atoms with Gasteiger partial charge in [0.1, 0.15) is 17.2 Å². The number of halogens is 2. The van der Waals surface area contributed by atoms with Gasteiger partial charge in [-0.25, -0.2) is 8.78 Å². The van der Waals surface area contributed by atoms with Crippen LogP contribution in [0, 0.1) is 25.5 Å². The van der Waals surface area contributed by atoms with Crippen molar-refractivity contribution in [1.82, 2.24) is 5.32 Å². The molecule has 0 aliphatic heterocycles. The minimum atomic E-state index is -1.63. The molecule has 0 spiro atoms. The van der Waals surface area contributed by atoms with Gasteiger partial charge in [0.15, 0.2) is 0 Å². The van der Waals surface area contributed by atoms with Crippen molar-refractivity contribution in [3.05, 3.63) is 56.8 Å². The molecule has 0 fully saturated rings. The van der Waals surface area contributed by atoms with E-state index in [1.165, 1.54) is 24.3 Å². The Hall–Kier alpha value is -1.79. The Kier molecular flexibility index (Phi) is 4.63. The van der Waals surface area contributed by atoms with Gasteiger partial charge in [0, 0.05) is 21.4 Å². The van der Waals surface area contributed by atoms with Crippen LogP contribution in [0.25, 0.3) is 0 Å². The number of rotatable bonds is 4. The molecule has 118 valence electrons. The van der Waals surface area contributed by atoms with E-state index in [1.54, 1.807) is 6.07 Å². The molecule has 1 aromatic carbocycles. The van der Waals surface area contributed by atoms with E-state index in [0.29, 0.717) is 11.6 Å². The smallest absolute Gasteiger partial charge is 0.252 e. The van der Waals surface area contributed by atoms with Crippen molar-refractivity contribution in [2.45, 2.75) is 26.4 Å². The monoisotopic (exact) mass is 325 g/mol. The zero-order valence-corrected chi connectivity index (χ0v) is 13.4. The lowest BCUT2D eigenvalue weighted by Crippen LogP contribution is -2.39. The van der Waals surface area contributed by atoms with Gasteiger partial charge < -0.3 is 10.4 Å². The second-order valence-corrected chi connectivity index (χ2v) is 6.87. The summed E-state index contributed by atoms with van der Waals surface area (Å²) in [5, 5.41) is 12.9. The fourth-order valence-corrected chi connectivity index (χ4v) is 3.15. The van der Waals surface area contributed by atoms with Gasteiger partial charge in [-0.2, -0.15) is 0 Å². The van der Waals surface area contributed by atoms with Crippen molar-refractivity contribution < 1.29 is 18.7 Å². The maximum atomic E-state index is 13.7. The number of carbonyl (C=O) groups excluding carboxylic acids is 1. The summed E-state index contributed by atoms with van der Waals surface area (Å²) in [7, 11) is 0. The van der Waals surface area contributed by atoms with Gasteiger partial charge in [0.25, 0.3) is 5.91 Å². The molecule has 22 heavy (non-hydrogen) atoms. The summed E-state index contributed by atoms with van der Waals surface area (Å²) < 4.78 is 26.7. The van der Waals surface area contributed by atoms with Crippen molar-refractivity contribution in [3.63, 3.8) is 0 Å². The van der Waals surface area contributed by atoms with Crippen molar-refractivity contribution in [2.24, 2.45) is 0 Å². The molecule has 1 unspecified atom stereocenters. The Labute approximate surface area is 131 Å². The largest absolute Gasteiger partial charge is 0.383 e. The number of hydrogen-bond donors (Lipinski definition) is 2. The topological polar surface area (TPSA) is 49.3 Å². The highest BCUT2D eigenvalue weighted by atomic mass is 32.1. The van der Waals surface area contributed by atoms with E-state index in [9.17, 15) is 18.7 Å². The summed E-state index contributed by atoms with van der Waals surface area (Å²) in [6.45, 7) is 4.93. The molecule has 1 amide bonds. The molecule has 0 saturated heterocycles. The van der Waals surface area contributed by atoms with Crippen LogP contribution in [0.2, 0.25) is 0 Å². The van der Waals surface area contributed by atoms with Crippen LogP contribution in [0.1, 0.15) is 32.6 Å². The quantitative estimate of drug-likeness (QED) is 0.906. The van der Waals surface area contributed by atoms with E-state index >= 15 is 0 Å². The zero-order chi connectivity index (χ0) is 16.5. The van der Waals surface area contributed by atoms with Crippen LogP contribution < -0.4 is 5.32 Å². The van der Waals surface area contributed by atoms with Crippen molar-refractivity contribution >= 4 is 17.2 Å². The number of carbonyl (C=O) groups is 1. The van der Waals surface area contributed by atoms with Crippen LogP contribution in [0.3, 0.4) is 0 Å². The maximum absolute atomic E-state index is 13.7. The van der Waals surface area contributed by atoms with Gasteiger partial charge in [-0.15, -0.1) is 11.3 Å². The first-order chi connectivity index (χ1) is 10.2. The molecule has 0 saturated carbocycles. The molecule has 2 rings (SSSR count). The lowest BCUT2D eigenvalue weighted by atomic mass is 9.95. The summed E-state index contributed by atoms with van der Waals surface area (Å²) >= 11 is 1.51. The van der Waals surface area contributed by atoms with Crippen molar-refractivity contribution in [1.29, 1.82) is 0 Å². The Morgan fingerprint density at radius 2 is 2.00 bits per heavy atom. The first-order valence-electron chi connectivity index (χ1n) is 6.74. The maximum Gasteiger partial charge on any atom is 0.252 e. The average molecular weight is 325 g/mol. The van der Waals surface area contributed by atoms with Crippen molar-refractivity contribution in [2.75, 3.05) is 6.54 Å². The first kappa shape index (κ1) is 16.6. The van der Waals surface area contributed by atoms with Gasteiger partial charge in [-0.1, -0.05) is 6.07 Å². The van der Waals surface area contributed by atoms with E-state index in [4.69, 9.17) is 0 Å². The molecule has 0 aliphatic rings. The highest BCUT2D eigenvalue weighted by Gasteiger charge is 2.28. The lowest BCUT2D eigenvalue weighted by molar-refractivity contribution is 0.0494. The number of aryl methyl sites for hydroxylation is 2. The molecule has 1 heterocycles. The summed E-state index contributed by atoms with van der Waals surface area (Å²) in [6, 6.07) is 4.72. The summed E-state index contributed by atoms with van der Waals surface area (Å²) in [5.74, 6) is -1.89. The number of aliphatic hydroxyl groups is 1. The molecule has 1 atom stereocenters. The van der Waals surface area contributed by atoms with E-state index < -0.39 is 17.2 Å². The molecule has 2 aromatic rings. The molecular formula is C16H17F2NO2S. The summed E-state index contributed by atoms with van der Waals surface area (Å²) in [5.41, 5.74) is -1.16. The van der Waals surface area contributed by atoms with E-state index in [-0.39, 0.29) is 18.0 Å². The molecule has 3 nitrogen and oxygen atoms in total. The molecule has 0 aliphatic carbocycles. The zero-order valence-electron chi connectivity index (χ0n) is 12.5. The fraction of sp³-hybridized carbons (Fsp3) is 0.312. The highest BCUT2D eigenvalue weighted by molar-refractivity contribution is 7.12. The second-order valence-electron chi connectivity index (χ2n) is 5.41. The molecule has 0 bridgehead atoms. The van der Waals surface area contributed by atoms with Crippen molar-refractivity contribution in [3.8, 4) is 0 Å². The Balaban J connectivity index is 2.12. The van der Waals surface area contributed by atoms with Crippen LogP contribution in [-0.4, -0.2) is 17.6 Å². The third-order valence-corrected chi connectivity index (χ3v) is 4.36. The van der Waals surface area contributed by atoms with E-state index in [1.807, 2.05) is 13.8 Å². The van der Waals surface area contributed by atoms with Gasteiger partial charge in [0.05, 0.1) is 12.1 Å². The number of hydrogen-bond acceptors (Lipinski definition) is 3. The molecule has 6 heteroatoms. The number of amides is 1. The second kappa shape index (κ2) is 6.14. The highest BCUT2D eigenvalue weighted by Crippen LogP contribution is 2.24. The Bertz CT molecular complexity index is 710. The van der Waals surface area contributed by atoms with Gasteiger partial charge >= 0.3 is 0 Å². The number of thiophene rings is 1. The molecular weight excluding hydrogens is 308 g/mol. The minimum Gasteiger partial charge on any atom is -0.383 e. The van der Waals surface area contributed by atoms with E-state index in [2.05, 4.69) is 5.32 Å². The molecule has 0 radical (unpaired) electrons. The average Bonchev–Trinajstić information content (AvgIpc) is 2.74. The SMILES string of the molecule is Cc1cc(C(=O)NCC(C)(O)c2ccc(F)cc2F)c(C)s1. The first-order valence-corrected chi connectivity index (χ1v) is 7.55. The summed E-state index contributed by atoms with van der Waals surface area (Å²) in [4.78, 5) is 14.0. The predicted octanol–water partition coefficient (Wildman–Crippen LogP) is 3.28. The number of nitrogens with one attached hydrogen (secondary N) is 1. The third kappa shape index (κ3) is 3.51.